The summed E-state index contributed by atoms with van der Waals surface area (Å²) in [4.78, 5) is 16.1. The zero-order valence-corrected chi connectivity index (χ0v) is 13.4. The number of methoxy groups -OCH3 is 2. The lowest BCUT2D eigenvalue weighted by atomic mass is 10.2. The molecule has 0 saturated carbocycles. The molecular weight excluding hydrogens is 399 g/mol. The number of carbonyl (C=O) groups excluding carboxylic acids is 1. The number of ether oxygens (including phenoxy) is 2. The number of rotatable bonds is 4. The number of aromatic nitrogens is 3. The Labute approximate surface area is 133 Å². The first-order valence-electron chi connectivity index (χ1n) is 5.36. The van der Waals surface area contributed by atoms with Crippen molar-refractivity contribution < 1.29 is 14.3 Å². The first kappa shape index (κ1) is 14.9. The molecule has 1 aromatic carbocycles. The first-order valence-corrected chi connectivity index (χ1v) is 6.81. The highest BCUT2D eigenvalue weighted by Crippen LogP contribution is 2.28. The molecule has 0 fully saturated rings. The molecule has 0 aliphatic rings. The number of amides is 1. The Kier molecular flexibility index (Phi) is 4.65. The highest BCUT2D eigenvalue weighted by Gasteiger charge is 2.16. The molecule has 2 aromatic rings. The maximum Gasteiger partial charge on any atom is 0.336 e. The van der Waals surface area contributed by atoms with Gasteiger partial charge in [-0.05, 0) is 34.7 Å². The van der Waals surface area contributed by atoms with Crippen LogP contribution in [0.3, 0.4) is 0 Å². The molecule has 0 aliphatic carbocycles. The van der Waals surface area contributed by atoms with Gasteiger partial charge in [-0.25, -0.2) is 5.10 Å². The lowest BCUT2D eigenvalue weighted by molar-refractivity contribution is 0.102. The van der Waals surface area contributed by atoms with Crippen LogP contribution in [0.1, 0.15) is 10.4 Å². The number of carbonyl (C=O) groups is 1. The Balaban J connectivity index is 2.26. The molecule has 0 radical (unpaired) electrons. The van der Waals surface area contributed by atoms with Crippen LogP contribution in [0, 0.1) is 3.57 Å². The molecule has 0 saturated heterocycles. The normalized spacial score (nSPS) is 10.2. The fourth-order valence-electron chi connectivity index (χ4n) is 1.44. The van der Waals surface area contributed by atoms with Gasteiger partial charge in [0.2, 0.25) is 5.95 Å². The molecule has 0 unspecified atom stereocenters. The topological polar surface area (TPSA) is 89.1 Å². The summed E-state index contributed by atoms with van der Waals surface area (Å²) in [5.41, 5.74) is 0.299. The zero-order chi connectivity index (χ0) is 14.7. The number of nitrogens with one attached hydrogen (secondary N) is 2. The largest absolute Gasteiger partial charge is 0.496 e. The summed E-state index contributed by atoms with van der Waals surface area (Å²) in [6.45, 7) is 0. The number of benzene rings is 1. The van der Waals surface area contributed by atoms with Crippen LogP contribution in [-0.4, -0.2) is 35.3 Å². The first-order chi connectivity index (χ1) is 9.55. The highest BCUT2D eigenvalue weighted by molar-refractivity contribution is 14.1. The van der Waals surface area contributed by atoms with Crippen molar-refractivity contribution in [3.8, 4) is 11.8 Å². The van der Waals surface area contributed by atoms with E-state index < -0.39 is 5.91 Å². The minimum absolute atomic E-state index is 0.132. The van der Waals surface area contributed by atoms with Gasteiger partial charge >= 0.3 is 6.01 Å². The minimum atomic E-state index is -0.418. The maximum absolute atomic E-state index is 12.2. The predicted molar refractivity (Wildman–Crippen MR) is 81.6 cm³/mol. The summed E-state index contributed by atoms with van der Waals surface area (Å²) in [7, 11) is 2.91. The van der Waals surface area contributed by atoms with E-state index in [-0.39, 0.29) is 12.0 Å². The Hall–Kier alpha value is -1.55. The molecule has 0 atom stereocenters. The van der Waals surface area contributed by atoms with Gasteiger partial charge in [0.15, 0.2) is 0 Å². The molecule has 0 spiro atoms. The lowest BCUT2D eigenvalue weighted by Gasteiger charge is -2.09. The lowest BCUT2D eigenvalue weighted by Crippen LogP contribution is -2.14. The summed E-state index contributed by atoms with van der Waals surface area (Å²) in [5.74, 6) is 0.172. The van der Waals surface area contributed by atoms with Crippen LogP contribution in [0.5, 0.6) is 11.8 Å². The molecule has 106 valence electrons. The molecule has 1 amide bonds. The van der Waals surface area contributed by atoms with Gasteiger partial charge in [0.1, 0.15) is 5.75 Å². The van der Waals surface area contributed by atoms with Gasteiger partial charge in [-0.2, -0.15) is 4.98 Å². The molecule has 1 heterocycles. The molecule has 20 heavy (non-hydrogen) atoms. The van der Waals surface area contributed by atoms with Crippen LogP contribution < -0.4 is 14.8 Å². The quantitative estimate of drug-likeness (QED) is 0.758. The van der Waals surface area contributed by atoms with Crippen molar-refractivity contribution in [2.45, 2.75) is 0 Å². The molecule has 2 rings (SSSR count). The van der Waals surface area contributed by atoms with Crippen molar-refractivity contribution in [2.75, 3.05) is 19.5 Å². The molecule has 9 heteroatoms. The predicted octanol–water partition coefficient (Wildman–Crippen LogP) is 2.33. The van der Waals surface area contributed by atoms with E-state index in [0.29, 0.717) is 16.3 Å². The van der Waals surface area contributed by atoms with E-state index in [4.69, 9.17) is 21.1 Å². The molecule has 1 aromatic heterocycles. The van der Waals surface area contributed by atoms with E-state index in [0.717, 1.165) is 3.57 Å². The van der Waals surface area contributed by atoms with Crippen LogP contribution in [-0.2, 0) is 0 Å². The smallest absolute Gasteiger partial charge is 0.336 e. The van der Waals surface area contributed by atoms with Crippen LogP contribution >= 0.6 is 34.2 Å². The van der Waals surface area contributed by atoms with Crippen molar-refractivity contribution in [1.29, 1.82) is 0 Å². The number of H-pyrrole nitrogens is 1. The molecule has 2 N–H and O–H groups in total. The van der Waals surface area contributed by atoms with Crippen LogP contribution in [0.15, 0.2) is 12.1 Å². The van der Waals surface area contributed by atoms with E-state index in [1.165, 1.54) is 20.3 Å². The monoisotopic (exact) mass is 408 g/mol. The van der Waals surface area contributed by atoms with Crippen molar-refractivity contribution in [3.63, 3.8) is 0 Å². The molecular formula is C11H10ClIN4O3. The number of anilines is 1. The van der Waals surface area contributed by atoms with E-state index in [2.05, 4.69) is 43.1 Å². The van der Waals surface area contributed by atoms with Gasteiger partial charge in [-0.1, -0.05) is 11.6 Å². The van der Waals surface area contributed by atoms with Crippen LogP contribution in [0.4, 0.5) is 5.95 Å². The number of halogens is 2. The second-order valence-corrected chi connectivity index (χ2v) is 5.16. The Bertz CT molecular complexity index is 647. The number of nitrogens with zero attached hydrogens (tertiary/aromatic N) is 2. The average molecular weight is 409 g/mol. The Morgan fingerprint density at radius 1 is 1.40 bits per heavy atom. The fraction of sp³-hybridized carbons (Fsp3) is 0.182. The summed E-state index contributed by atoms with van der Waals surface area (Å²) in [5, 5.41) is 9.26. The highest BCUT2D eigenvalue weighted by atomic mass is 127. The summed E-state index contributed by atoms with van der Waals surface area (Å²) >= 11 is 8.07. The van der Waals surface area contributed by atoms with Crippen LogP contribution in [0.2, 0.25) is 5.02 Å². The van der Waals surface area contributed by atoms with Crippen molar-refractivity contribution in [2.24, 2.45) is 0 Å². The third-order valence-corrected chi connectivity index (χ3v) is 3.89. The zero-order valence-electron chi connectivity index (χ0n) is 10.5. The average Bonchev–Trinajstić information content (AvgIpc) is 2.88. The minimum Gasteiger partial charge on any atom is -0.496 e. The van der Waals surface area contributed by atoms with Gasteiger partial charge in [0.25, 0.3) is 5.91 Å². The SMILES string of the molecule is COc1n[nH]c(NC(=O)c2cc(Cl)c(I)cc2OC)n1. The molecule has 0 aliphatic heterocycles. The Morgan fingerprint density at radius 2 is 2.15 bits per heavy atom. The second-order valence-electron chi connectivity index (χ2n) is 3.59. The summed E-state index contributed by atoms with van der Waals surface area (Å²) < 4.78 is 10.8. The van der Waals surface area contributed by atoms with E-state index in [1.807, 2.05) is 0 Å². The van der Waals surface area contributed by atoms with E-state index >= 15 is 0 Å². The molecule has 7 nitrogen and oxygen atoms in total. The van der Waals surface area contributed by atoms with Crippen molar-refractivity contribution in [3.05, 3.63) is 26.3 Å². The van der Waals surface area contributed by atoms with Crippen molar-refractivity contribution in [1.82, 2.24) is 15.2 Å². The van der Waals surface area contributed by atoms with E-state index in [1.54, 1.807) is 6.07 Å². The van der Waals surface area contributed by atoms with E-state index in [9.17, 15) is 4.79 Å². The second kappa shape index (κ2) is 6.27. The number of hydrogen-bond acceptors (Lipinski definition) is 5. The summed E-state index contributed by atoms with van der Waals surface area (Å²) in [6, 6.07) is 3.34. The summed E-state index contributed by atoms with van der Waals surface area (Å²) in [6.07, 6.45) is 0. The van der Waals surface area contributed by atoms with Gasteiger partial charge in [0.05, 0.1) is 24.8 Å². The van der Waals surface area contributed by atoms with Crippen molar-refractivity contribution >= 4 is 46.0 Å². The van der Waals surface area contributed by atoms with Gasteiger partial charge in [0, 0.05) is 3.57 Å². The number of hydrogen-bond donors (Lipinski definition) is 2. The van der Waals surface area contributed by atoms with Gasteiger partial charge in [-0.15, -0.1) is 5.10 Å². The third kappa shape index (κ3) is 3.12. The standard InChI is InChI=1S/C11H10ClIN4O3/c1-19-8-4-7(13)6(12)3-5(8)9(18)14-10-15-11(20-2)17-16-10/h3-4H,1-2H3,(H2,14,15,16,17,18). The Morgan fingerprint density at radius 3 is 2.75 bits per heavy atom. The number of aromatic amines is 1. The third-order valence-electron chi connectivity index (χ3n) is 2.37. The maximum atomic E-state index is 12.2. The molecule has 0 bridgehead atoms. The van der Waals surface area contributed by atoms with Gasteiger partial charge in [-0.3, -0.25) is 10.1 Å². The van der Waals surface area contributed by atoms with Crippen LogP contribution in [0.25, 0.3) is 0 Å². The van der Waals surface area contributed by atoms with Gasteiger partial charge < -0.3 is 9.47 Å². The fourth-order valence-corrected chi connectivity index (χ4v) is 2.05.